The molecule has 0 radical (unpaired) electrons. The van der Waals surface area contributed by atoms with Gasteiger partial charge in [0.15, 0.2) is 0 Å². The van der Waals surface area contributed by atoms with Crippen molar-refractivity contribution in [1.82, 2.24) is 0 Å². The summed E-state index contributed by atoms with van der Waals surface area (Å²) in [5.41, 5.74) is 3.35. The quantitative estimate of drug-likeness (QED) is 0.636. The van der Waals surface area contributed by atoms with E-state index in [1.807, 2.05) is 0 Å². The van der Waals surface area contributed by atoms with E-state index in [0.717, 1.165) is 11.3 Å². The summed E-state index contributed by atoms with van der Waals surface area (Å²) >= 11 is 2.07. The number of ether oxygens (including phenoxy) is 1. The van der Waals surface area contributed by atoms with E-state index in [-0.39, 0.29) is 0 Å². The third-order valence-corrected chi connectivity index (χ3v) is 6.66. The molecule has 19 heavy (non-hydrogen) atoms. The Morgan fingerprint density at radius 1 is 1.32 bits per heavy atom. The van der Waals surface area contributed by atoms with Crippen molar-refractivity contribution < 1.29 is 9.84 Å². The third-order valence-electron chi connectivity index (χ3n) is 3.53. The van der Waals surface area contributed by atoms with Gasteiger partial charge in [0.1, 0.15) is 0 Å². The molecule has 0 saturated carbocycles. The van der Waals surface area contributed by atoms with E-state index in [4.69, 9.17) is 4.74 Å². The van der Waals surface area contributed by atoms with E-state index in [2.05, 4.69) is 37.4 Å². The molecule has 1 aromatic carbocycles. The van der Waals surface area contributed by atoms with Crippen molar-refractivity contribution in [1.29, 1.82) is 0 Å². The van der Waals surface area contributed by atoms with E-state index >= 15 is 0 Å². The molecule has 0 fully saturated rings. The molecule has 0 bridgehead atoms. The SMILES string of the molecule is Cc1cc2c([se]1)-c1c(cc(C)c3ccsc13)C(O)O2. The van der Waals surface area contributed by atoms with Crippen LogP contribution in [0.4, 0.5) is 0 Å². The van der Waals surface area contributed by atoms with Gasteiger partial charge in [-0.3, -0.25) is 0 Å². The Hall–Kier alpha value is -1.06. The normalized spacial score (nSPS) is 17.1. The monoisotopic (exact) mass is 336 g/mol. The molecule has 0 spiro atoms. The fraction of sp³-hybridized carbons (Fsp3) is 0.200. The van der Waals surface area contributed by atoms with Gasteiger partial charge in [-0.2, -0.15) is 0 Å². The molecule has 1 N–H and O–H groups in total. The van der Waals surface area contributed by atoms with Gasteiger partial charge in [0.2, 0.25) is 0 Å². The zero-order chi connectivity index (χ0) is 13.1. The average Bonchev–Trinajstić information content (AvgIpc) is 2.95. The minimum atomic E-state index is -0.836. The average molecular weight is 335 g/mol. The van der Waals surface area contributed by atoms with Crippen molar-refractivity contribution in [2.75, 3.05) is 0 Å². The van der Waals surface area contributed by atoms with E-state index in [0.29, 0.717) is 14.5 Å². The standard InChI is InChI=1S/C15H12O2SSe/c1-7-5-10-12(13-9(7)3-4-18-13)14-11(17-15(10)16)6-8(2)19-14/h3-6,15-16H,1-2H3. The van der Waals surface area contributed by atoms with Crippen LogP contribution in [0, 0.1) is 13.8 Å². The van der Waals surface area contributed by atoms with Crippen LogP contribution in [0.15, 0.2) is 23.6 Å². The number of aryl methyl sites for hydroxylation is 2. The summed E-state index contributed by atoms with van der Waals surface area (Å²) in [7, 11) is 0. The number of aliphatic hydroxyl groups excluding tert-OH is 1. The number of thiophene rings is 1. The Morgan fingerprint density at radius 2 is 2.16 bits per heavy atom. The topological polar surface area (TPSA) is 29.5 Å². The van der Waals surface area contributed by atoms with Crippen LogP contribution in [0.25, 0.3) is 20.1 Å². The van der Waals surface area contributed by atoms with Crippen LogP contribution < -0.4 is 4.74 Å². The summed E-state index contributed by atoms with van der Waals surface area (Å²) in [5, 5.41) is 13.7. The Labute approximate surface area is 121 Å². The van der Waals surface area contributed by atoms with Crippen LogP contribution in [-0.4, -0.2) is 19.6 Å². The molecule has 3 heterocycles. The third kappa shape index (κ3) is 1.58. The molecule has 1 atom stereocenters. The van der Waals surface area contributed by atoms with Gasteiger partial charge in [-0.05, 0) is 0 Å². The maximum absolute atomic E-state index is 10.2. The molecule has 4 heteroatoms. The Bertz CT molecular complexity index is 800. The van der Waals surface area contributed by atoms with Crippen LogP contribution in [0.5, 0.6) is 5.75 Å². The predicted octanol–water partition coefficient (Wildman–Crippen LogP) is 3.63. The van der Waals surface area contributed by atoms with Crippen LogP contribution in [0.2, 0.25) is 0 Å². The van der Waals surface area contributed by atoms with Gasteiger partial charge in [-0.15, -0.1) is 0 Å². The van der Waals surface area contributed by atoms with Crippen molar-refractivity contribution in [3.8, 4) is 15.8 Å². The Balaban J connectivity index is 2.17. The number of benzene rings is 1. The van der Waals surface area contributed by atoms with Gasteiger partial charge in [-0.25, -0.2) is 0 Å². The maximum atomic E-state index is 10.2. The molecule has 4 rings (SSSR count). The molecule has 0 amide bonds. The molecule has 2 nitrogen and oxygen atoms in total. The zero-order valence-electron chi connectivity index (χ0n) is 10.6. The number of fused-ring (bicyclic) bond motifs is 5. The molecular formula is C15H12O2SSe. The van der Waals surface area contributed by atoms with Gasteiger partial charge in [0, 0.05) is 0 Å². The number of rotatable bonds is 0. The van der Waals surface area contributed by atoms with Crippen molar-refractivity contribution in [2.45, 2.75) is 20.1 Å². The van der Waals surface area contributed by atoms with Crippen LogP contribution >= 0.6 is 11.3 Å². The second-order valence-corrected chi connectivity index (χ2v) is 8.39. The van der Waals surface area contributed by atoms with Crippen LogP contribution in [-0.2, 0) is 0 Å². The number of aliphatic hydroxyl groups is 1. The van der Waals surface area contributed by atoms with Gasteiger partial charge in [0.05, 0.1) is 0 Å². The molecule has 2 aromatic heterocycles. The second kappa shape index (κ2) is 3.97. The summed E-state index contributed by atoms with van der Waals surface area (Å²) < 4.78 is 9.59. The van der Waals surface area contributed by atoms with Crippen molar-refractivity contribution in [3.63, 3.8) is 0 Å². The molecule has 1 aliphatic rings. The van der Waals surface area contributed by atoms with Crippen molar-refractivity contribution in [3.05, 3.63) is 39.1 Å². The molecule has 1 aliphatic heterocycles. The minimum absolute atomic E-state index is 0.316. The second-order valence-electron chi connectivity index (χ2n) is 4.84. The molecule has 3 aromatic rings. The first-order valence-corrected chi connectivity index (χ1v) is 8.70. The Kier molecular flexibility index (Phi) is 2.45. The fourth-order valence-corrected chi connectivity index (χ4v) is 6.01. The summed E-state index contributed by atoms with van der Waals surface area (Å²) in [6.45, 7) is 4.22. The van der Waals surface area contributed by atoms with Gasteiger partial charge in [-0.1, -0.05) is 0 Å². The van der Waals surface area contributed by atoms with E-state index in [1.165, 1.54) is 30.1 Å². The van der Waals surface area contributed by atoms with Crippen molar-refractivity contribution >= 4 is 35.9 Å². The first kappa shape index (κ1) is 11.7. The van der Waals surface area contributed by atoms with Gasteiger partial charge < -0.3 is 0 Å². The zero-order valence-corrected chi connectivity index (χ0v) is 13.1. The summed E-state index contributed by atoms with van der Waals surface area (Å²) in [6, 6.07) is 6.31. The number of hydrogen-bond donors (Lipinski definition) is 1. The summed E-state index contributed by atoms with van der Waals surface area (Å²) in [5.74, 6) is 0.871. The fourth-order valence-electron chi connectivity index (χ4n) is 2.69. The molecule has 0 saturated heterocycles. The number of hydrogen-bond acceptors (Lipinski definition) is 3. The van der Waals surface area contributed by atoms with E-state index < -0.39 is 6.29 Å². The van der Waals surface area contributed by atoms with Crippen LogP contribution in [0.3, 0.4) is 0 Å². The van der Waals surface area contributed by atoms with Gasteiger partial charge >= 0.3 is 121 Å². The van der Waals surface area contributed by atoms with Gasteiger partial charge in [0.25, 0.3) is 0 Å². The van der Waals surface area contributed by atoms with E-state index in [1.54, 1.807) is 11.3 Å². The van der Waals surface area contributed by atoms with E-state index in [9.17, 15) is 5.11 Å². The molecular weight excluding hydrogens is 323 g/mol. The first-order valence-electron chi connectivity index (χ1n) is 6.11. The van der Waals surface area contributed by atoms with Crippen molar-refractivity contribution in [2.24, 2.45) is 0 Å². The molecule has 1 unspecified atom stereocenters. The molecule has 96 valence electrons. The predicted molar refractivity (Wildman–Crippen MR) is 79.3 cm³/mol. The van der Waals surface area contributed by atoms with Crippen LogP contribution in [0.1, 0.15) is 21.9 Å². The first-order chi connectivity index (χ1) is 9.15. The Morgan fingerprint density at radius 3 is 3.00 bits per heavy atom. The summed E-state index contributed by atoms with van der Waals surface area (Å²) in [6.07, 6.45) is -0.836. The summed E-state index contributed by atoms with van der Waals surface area (Å²) in [4.78, 5) is 0. The molecule has 0 aliphatic carbocycles.